The van der Waals surface area contributed by atoms with Crippen LogP contribution in [0.4, 0.5) is 8.78 Å². The maximum atomic E-state index is 14.8. The van der Waals surface area contributed by atoms with Crippen LogP contribution in [0.5, 0.6) is 0 Å². The molecule has 248 valence electrons. The van der Waals surface area contributed by atoms with Gasteiger partial charge < -0.3 is 0 Å². The van der Waals surface area contributed by atoms with Crippen LogP contribution in [0, 0.1) is 46.3 Å². The molecule has 3 aromatic carbocycles. The third kappa shape index (κ3) is 5.02. The van der Waals surface area contributed by atoms with Gasteiger partial charge in [-0.1, -0.05) is 0 Å². The second-order valence-corrected chi connectivity index (χ2v) is 25.2. The summed E-state index contributed by atoms with van der Waals surface area (Å²) in [6.07, 6.45) is 11.7. The van der Waals surface area contributed by atoms with E-state index in [4.69, 9.17) is 15.5 Å². The predicted octanol–water partition coefficient (Wildman–Crippen LogP) is 11.5. The van der Waals surface area contributed by atoms with Gasteiger partial charge in [0.25, 0.3) is 0 Å². The predicted molar refractivity (Wildman–Crippen MR) is 198 cm³/mol. The van der Waals surface area contributed by atoms with Gasteiger partial charge >= 0.3 is 286 Å². The van der Waals surface area contributed by atoms with Gasteiger partial charge in [0.15, 0.2) is 0 Å². The van der Waals surface area contributed by atoms with Crippen molar-refractivity contribution in [1.82, 2.24) is 0 Å². The Labute approximate surface area is 285 Å². The quantitative estimate of drug-likeness (QED) is 0.205. The van der Waals surface area contributed by atoms with E-state index >= 15 is 0 Å². The topological polar surface area (TPSA) is 0 Å². The Morgan fingerprint density at radius 2 is 1.30 bits per heavy atom. The van der Waals surface area contributed by atoms with E-state index in [0.29, 0.717) is 36.0 Å². The van der Waals surface area contributed by atoms with Gasteiger partial charge in [-0.15, -0.1) is 0 Å². The van der Waals surface area contributed by atoms with Gasteiger partial charge in [0.2, 0.25) is 0 Å². The molecule has 3 aromatic rings. The van der Waals surface area contributed by atoms with Gasteiger partial charge in [-0.05, 0) is 0 Å². The van der Waals surface area contributed by atoms with Crippen LogP contribution in [-0.4, -0.2) is 12.1 Å². The zero-order chi connectivity index (χ0) is 32.2. The number of halogens is 3. The molecule has 4 heteroatoms. The van der Waals surface area contributed by atoms with Crippen molar-refractivity contribution in [2.45, 2.75) is 97.3 Å². The molecule has 0 spiro atoms. The van der Waals surface area contributed by atoms with Crippen molar-refractivity contribution < 1.29 is 8.78 Å². The molecular weight excluding hydrogens is 653 g/mol. The molecule has 0 heterocycles. The van der Waals surface area contributed by atoms with E-state index in [9.17, 15) is 8.78 Å². The molecule has 7 rings (SSSR count). The summed E-state index contributed by atoms with van der Waals surface area (Å²) in [5.41, 5.74) is 0.252. The van der Waals surface area contributed by atoms with Crippen LogP contribution in [0.25, 0.3) is 0 Å². The first-order chi connectivity index (χ1) is 22.1. The minimum absolute atomic E-state index is 0.0576. The molecule has 4 fully saturated rings. The monoisotopic (exact) mass is 706 g/mol. The molecule has 0 radical (unpaired) electrons. The van der Waals surface area contributed by atoms with Gasteiger partial charge in [-0.3, -0.25) is 0 Å². The van der Waals surface area contributed by atoms with Crippen molar-refractivity contribution >= 4 is 36.7 Å². The van der Waals surface area contributed by atoms with Crippen molar-refractivity contribution in [2.24, 2.45) is 46.3 Å². The molecule has 0 amide bonds. The fraction of sp³-hybridized carbons (Fsp3) is 0.571. The molecule has 0 aromatic heterocycles. The van der Waals surface area contributed by atoms with Crippen LogP contribution in [-0.2, 0) is 0 Å². The molecular formula is C42H54BrF2P. The number of alkyl halides is 2. The molecule has 0 saturated heterocycles. The number of fused-ring (bicyclic) bond motifs is 5. The third-order valence-electron chi connectivity index (χ3n) is 14.3. The SMILES string of the molecule is CCCC(C)C1CC[C@H]2[C@@H]3CC[C@@H]4CC(F)(F)CC[C@]4(C)[C@H]3CC[C@]12CP(Br)(c1ccccc1)(c1ccccc1)c1ccccc1. The van der Waals surface area contributed by atoms with E-state index in [2.05, 4.69) is 112 Å². The third-order valence-corrected chi connectivity index (χ3v) is 24.1. The average Bonchev–Trinajstić information content (AvgIpc) is 3.45. The minimum atomic E-state index is -3.17. The van der Waals surface area contributed by atoms with Crippen molar-refractivity contribution in [3.8, 4) is 0 Å². The van der Waals surface area contributed by atoms with Crippen LogP contribution < -0.4 is 15.9 Å². The average molecular weight is 708 g/mol. The van der Waals surface area contributed by atoms with Gasteiger partial charge in [0, 0.05) is 0 Å². The van der Waals surface area contributed by atoms with E-state index in [0.717, 1.165) is 19.0 Å². The first kappa shape index (κ1) is 33.0. The van der Waals surface area contributed by atoms with E-state index in [1.165, 1.54) is 54.4 Å². The molecule has 0 N–H and O–H groups in total. The second kappa shape index (κ2) is 12.1. The summed E-state index contributed by atoms with van der Waals surface area (Å²) in [6, 6.07) is 34.3. The Hall–Kier alpha value is -1.57. The van der Waals surface area contributed by atoms with E-state index < -0.39 is 11.2 Å². The molecule has 8 atom stereocenters. The van der Waals surface area contributed by atoms with Crippen LogP contribution in [0.1, 0.15) is 91.4 Å². The van der Waals surface area contributed by atoms with Crippen LogP contribution >= 0.6 is 20.8 Å². The summed E-state index contributed by atoms with van der Waals surface area (Å²) < 4.78 is 29.5. The van der Waals surface area contributed by atoms with Crippen molar-refractivity contribution in [3.63, 3.8) is 0 Å². The molecule has 4 saturated carbocycles. The maximum absolute atomic E-state index is 14.8. The summed E-state index contributed by atoms with van der Waals surface area (Å²) in [7, 11) is 0. The first-order valence-corrected chi connectivity index (χ1v) is 22.8. The number of benzene rings is 3. The molecule has 0 nitrogen and oxygen atoms in total. The van der Waals surface area contributed by atoms with Gasteiger partial charge in [0.05, 0.1) is 0 Å². The fourth-order valence-electron chi connectivity index (χ4n) is 12.3. The van der Waals surface area contributed by atoms with Crippen LogP contribution in [0.2, 0.25) is 0 Å². The molecule has 4 aliphatic carbocycles. The van der Waals surface area contributed by atoms with Gasteiger partial charge in [0.1, 0.15) is 0 Å². The van der Waals surface area contributed by atoms with Crippen molar-refractivity contribution in [3.05, 3.63) is 91.0 Å². The first-order valence-electron chi connectivity index (χ1n) is 18.3. The Morgan fingerprint density at radius 3 is 1.85 bits per heavy atom. The van der Waals surface area contributed by atoms with Crippen molar-refractivity contribution in [1.29, 1.82) is 0 Å². The van der Waals surface area contributed by atoms with E-state index in [1.807, 2.05) is 0 Å². The summed E-state index contributed by atoms with van der Waals surface area (Å²) in [5, 5.41) is 1.12. The zero-order valence-corrected chi connectivity index (χ0v) is 30.7. The van der Waals surface area contributed by atoms with Gasteiger partial charge in [-0.2, -0.15) is 0 Å². The molecule has 0 bridgehead atoms. The second-order valence-electron chi connectivity index (χ2n) is 16.3. The summed E-state index contributed by atoms with van der Waals surface area (Å²) in [4.78, 5) is 0. The molecule has 0 aliphatic heterocycles. The molecule has 2 unspecified atom stereocenters. The zero-order valence-electron chi connectivity index (χ0n) is 28.2. The molecule has 4 aliphatic rings. The van der Waals surface area contributed by atoms with Crippen LogP contribution in [0.3, 0.4) is 0 Å². The Balaban J connectivity index is 1.41. The Bertz CT molecular complexity index is 1390. The van der Waals surface area contributed by atoms with Crippen LogP contribution in [0.15, 0.2) is 91.0 Å². The standard InChI is InChI=1S/C42H54BrF2P/c1-4-14-31(2)37-23-24-39-36-22-21-32-29-42(44,45)28-27-40(32,3)38(36)25-26-41(37,39)30-46(43,33-15-8-5-9-16-33,34-17-10-6-11-18-34)35-19-12-7-13-20-35/h5-13,15-20,31-32,36-39H,4,14,21-30H2,1-3H3/t31?,32-,36-,37?,38+,39+,40+,41+/m1/s1. The van der Waals surface area contributed by atoms with E-state index in [1.54, 1.807) is 0 Å². The van der Waals surface area contributed by atoms with Gasteiger partial charge in [-0.25, -0.2) is 0 Å². The van der Waals surface area contributed by atoms with E-state index in [-0.39, 0.29) is 29.6 Å². The normalized spacial score (nSPS) is 35.2. The Kier molecular flexibility index (Phi) is 8.66. The fourth-order valence-corrected chi connectivity index (χ4v) is 21.4. The summed E-state index contributed by atoms with van der Waals surface area (Å²) in [6.45, 7) is 7.35. The Morgan fingerprint density at radius 1 is 0.739 bits per heavy atom. The molecule has 46 heavy (non-hydrogen) atoms. The summed E-state index contributed by atoms with van der Waals surface area (Å²) in [5.74, 6) is 0.917. The summed E-state index contributed by atoms with van der Waals surface area (Å²) >= 11 is 4.91. The van der Waals surface area contributed by atoms with Crippen molar-refractivity contribution in [2.75, 3.05) is 6.16 Å². The number of rotatable bonds is 8. The number of hydrogen-bond acceptors (Lipinski definition) is 0. The number of hydrogen-bond donors (Lipinski definition) is 0.